The Morgan fingerprint density at radius 3 is 2.84 bits per heavy atom. The smallest absolute Gasteiger partial charge is 0.225 e. The molecule has 1 amide bonds. The van der Waals surface area contributed by atoms with Gasteiger partial charge < -0.3 is 14.8 Å². The molecule has 6 nitrogen and oxygen atoms in total. The van der Waals surface area contributed by atoms with Gasteiger partial charge >= 0.3 is 0 Å². The maximum Gasteiger partial charge on any atom is 0.225 e. The number of rotatable bonds is 6. The highest BCUT2D eigenvalue weighted by Gasteiger charge is 2.21. The van der Waals surface area contributed by atoms with Crippen LogP contribution in [0, 0.1) is 11.7 Å². The van der Waals surface area contributed by atoms with Gasteiger partial charge in [0.1, 0.15) is 18.0 Å². The van der Waals surface area contributed by atoms with Crippen LogP contribution < -0.4 is 5.32 Å². The molecule has 2 heterocycles. The lowest BCUT2D eigenvalue weighted by Crippen LogP contribution is -2.36. The molecule has 1 N–H and O–H groups in total. The Labute approximate surface area is 147 Å². The molecule has 0 saturated carbocycles. The zero-order chi connectivity index (χ0) is 17.6. The molecule has 1 aliphatic heterocycles. The third-order valence-corrected chi connectivity index (χ3v) is 4.75. The molecule has 0 radical (unpaired) electrons. The Bertz CT molecular complexity index is 709. The van der Waals surface area contributed by atoms with Gasteiger partial charge in [-0.15, -0.1) is 10.2 Å². The number of likely N-dealkylation sites (tertiary alicyclic amines) is 1. The summed E-state index contributed by atoms with van der Waals surface area (Å²) in [4.78, 5) is 14.3. The normalized spacial score (nSPS) is 16.1. The fraction of sp³-hybridized carbons (Fsp3) is 0.500. The van der Waals surface area contributed by atoms with Crippen molar-refractivity contribution in [1.82, 2.24) is 19.7 Å². The van der Waals surface area contributed by atoms with E-state index in [1.54, 1.807) is 18.5 Å². The van der Waals surface area contributed by atoms with Crippen molar-refractivity contribution in [3.8, 4) is 0 Å². The number of halogens is 1. The Hall–Kier alpha value is -2.28. The Balaban J connectivity index is 1.37. The zero-order valence-corrected chi connectivity index (χ0v) is 14.5. The number of anilines is 1. The van der Waals surface area contributed by atoms with Crippen LogP contribution in [0.2, 0.25) is 0 Å². The standard InChI is InChI=1S/C18H24FN5O/c1-23-13-20-22-17(23)11-14-5-8-24(9-6-14)10-7-18(25)21-16-4-2-3-15(19)12-16/h2-4,12-14H,5-11H2,1H3,(H,21,25). The van der Waals surface area contributed by atoms with Crippen LogP contribution in [0.5, 0.6) is 0 Å². The summed E-state index contributed by atoms with van der Waals surface area (Å²) >= 11 is 0. The van der Waals surface area contributed by atoms with Crippen molar-refractivity contribution in [2.75, 3.05) is 25.0 Å². The Morgan fingerprint density at radius 1 is 1.36 bits per heavy atom. The third-order valence-electron chi connectivity index (χ3n) is 4.75. The number of nitrogens with one attached hydrogen (secondary N) is 1. The van der Waals surface area contributed by atoms with Crippen LogP contribution in [0.4, 0.5) is 10.1 Å². The van der Waals surface area contributed by atoms with Gasteiger partial charge in [-0.3, -0.25) is 4.79 Å². The first-order chi connectivity index (χ1) is 12.1. The molecule has 2 aromatic rings. The van der Waals surface area contributed by atoms with E-state index in [2.05, 4.69) is 20.4 Å². The van der Waals surface area contributed by atoms with E-state index in [9.17, 15) is 9.18 Å². The molecule has 7 heteroatoms. The van der Waals surface area contributed by atoms with Crippen LogP contribution in [0.3, 0.4) is 0 Å². The maximum absolute atomic E-state index is 13.1. The summed E-state index contributed by atoms with van der Waals surface area (Å²) < 4.78 is 15.1. The van der Waals surface area contributed by atoms with Crippen LogP contribution in [-0.2, 0) is 18.3 Å². The van der Waals surface area contributed by atoms with Gasteiger partial charge in [0.25, 0.3) is 0 Å². The minimum Gasteiger partial charge on any atom is -0.326 e. The maximum atomic E-state index is 13.1. The summed E-state index contributed by atoms with van der Waals surface area (Å²) in [5, 5.41) is 10.8. The minimum atomic E-state index is -0.345. The lowest BCUT2D eigenvalue weighted by Gasteiger charge is -2.31. The number of carbonyl (C=O) groups is 1. The quantitative estimate of drug-likeness (QED) is 0.872. The van der Waals surface area contributed by atoms with Crippen molar-refractivity contribution in [3.05, 3.63) is 42.2 Å². The molecular weight excluding hydrogens is 321 g/mol. The molecule has 1 aromatic heterocycles. The van der Waals surface area contributed by atoms with Gasteiger partial charge in [-0.05, 0) is 50.0 Å². The predicted molar refractivity (Wildman–Crippen MR) is 93.5 cm³/mol. The first kappa shape index (κ1) is 17.5. The number of amides is 1. The fourth-order valence-corrected chi connectivity index (χ4v) is 3.21. The number of carbonyl (C=O) groups excluding carboxylic acids is 1. The largest absolute Gasteiger partial charge is 0.326 e. The van der Waals surface area contributed by atoms with E-state index in [0.717, 1.165) is 44.7 Å². The molecule has 0 atom stereocenters. The van der Waals surface area contributed by atoms with E-state index in [4.69, 9.17) is 0 Å². The zero-order valence-electron chi connectivity index (χ0n) is 14.5. The van der Waals surface area contributed by atoms with Gasteiger partial charge in [-0.1, -0.05) is 6.07 Å². The number of hydrogen-bond acceptors (Lipinski definition) is 4. The third kappa shape index (κ3) is 5.09. The molecule has 0 aliphatic carbocycles. The van der Waals surface area contributed by atoms with Crippen LogP contribution in [-0.4, -0.2) is 45.2 Å². The molecule has 0 bridgehead atoms. The second kappa shape index (κ2) is 8.20. The number of aryl methyl sites for hydroxylation is 1. The van der Waals surface area contributed by atoms with E-state index in [1.165, 1.54) is 12.1 Å². The van der Waals surface area contributed by atoms with E-state index < -0.39 is 0 Å². The van der Waals surface area contributed by atoms with Gasteiger partial charge in [-0.2, -0.15) is 0 Å². The van der Waals surface area contributed by atoms with Gasteiger partial charge in [0.15, 0.2) is 0 Å². The fourth-order valence-electron chi connectivity index (χ4n) is 3.21. The summed E-state index contributed by atoms with van der Waals surface area (Å²) in [5.41, 5.74) is 0.507. The molecular formula is C18H24FN5O. The summed E-state index contributed by atoms with van der Waals surface area (Å²) in [6.07, 6.45) is 5.34. The second-order valence-electron chi connectivity index (χ2n) is 6.66. The lowest BCUT2D eigenvalue weighted by molar-refractivity contribution is -0.116. The van der Waals surface area contributed by atoms with Gasteiger partial charge in [-0.25, -0.2) is 4.39 Å². The summed E-state index contributed by atoms with van der Waals surface area (Å²) in [7, 11) is 1.97. The Kier molecular flexibility index (Phi) is 5.75. The first-order valence-corrected chi connectivity index (χ1v) is 8.71. The molecule has 25 heavy (non-hydrogen) atoms. The van der Waals surface area contributed by atoms with Gasteiger partial charge in [0.05, 0.1) is 0 Å². The summed E-state index contributed by atoms with van der Waals surface area (Å²) in [6.45, 7) is 2.73. The Morgan fingerprint density at radius 2 is 2.16 bits per heavy atom. The van der Waals surface area contributed by atoms with Crippen molar-refractivity contribution in [1.29, 1.82) is 0 Å². The number of nitrogens with zero attached hydrogens (tertiary/aromatic N) is 4. The average Bonchev–Trinajstić information content (AvgIpc) is 2.99. The molecule has 0 unspecified atom stereocenters. The number of piperidine rings is 1. The monoisotopic (exact) mass is 345 g/mol. The van der Waals surface area contributed by atoms with Crippen molar-refractivity contribution in [3.63, 3.8) is 0 Å². The van der Waals surface area contributed by atoms with E-state index in [-0.39, 0.29) is 11.7 Å². The summed E-state index contributed by atoms with van der Waals surface area (Å²) in [5.74, 6) is 1.24. The highest BCUT2D eigenvalue weighted by atomic mass is 19.1. The van der Waals surface area contributed by atoms with E-state index in [1.807, 2.05) is 11.6 Å². The average molecular weight is 345 g/mol. The lowest BCUT2D eigenvalue weighted by atomic mass is 9.93. The van der Waals surface area contributed by atoms with E-state index >= 15 is 0 Å². The molecule has 134 valence electrons. The second-order valence-corrected chi connectivity index (χ2v) is 6.66. The number of aromatic nitrogens is 3. The van der Waals surface area contributed by atoms with E-state index in [0.29, 0.717) is 18.0 Å². The highest BCUT2D eigenvalue weighted by molar-refractivity contribution is 5.90. The SMILES string of the molecule is Cn1cnnc1CC1CCN(CCC(=O)Nc2cccc(F)c2)CC1. The van der Waals surface area contributed by atoms with Gasteiger partial charge in [0, 0.05) is 32.1 Å². The molecule has 1 fully saturated rings. The molecule has 1 aliphatic rings. The van der Waals surface area contributed by atoms with Crippen LogP contribution in [0.15, 0.2) is 30.6 Å². The topological polar surface area (TPSA) is 63.1 Å². The molecule has 0 spiro atoms. The predicted octanol–water partition coefficient (Wildman–Crippen LogP) is 2.24. The minimum absolute atomic E-state index is 0.0770. The number of hydrogen-bond donors (Lipinski definition) is 1. The van der Waals surface area contributed by atoms with Crippen molar-refractivity contribution < 1.29 is 9.18 Å². The molecule has 3 rings (SSSR count). The van der Waals surface area contributed by atoms with Gasteiger partial charge in [0.2, 0.25) is 5.91 Å². The first-order valence-electron chi connectivity index (χ1n) is 8.71. The van der Waals surface area contributed by atoms with Crippen molar-refractivity contribution in [2.45, 2.75) is 25.7 Å². The molecule has 1 aromatic carbocycles. The summed E-state index contributed by atoms with van der Waals surface area (Å²) in [6, 6.07) is 5.97. The van der Waals surface area contributed by atoms with Crippen LogP contribution in [0.1, 0.15) is 25.1 Å². The number of benzene rings is 1. The highest BCUT2D eigenvalue weighted by Crippen LogP contribution is 2.21. The molecule has 1 saturated heterocycles. The van der Waals surface area contributed by atoms with Crippen molar-refractivity contribution in [2.24, 2.45) is 13.0 Å². The van der Waals surface area contributed by atoms with Crippen molar-refractivity contribution >= 4 is 11.6 Å². The van der Waals surface area contributed by atoms with Crippen LogP contribution in [0.25, 0.3) is 0 Å². The van der Waals surface area contributed by atoms with Crippen LogP contribution >= 0.6 is 0 Å².